The van der Waals surface area contributed by atoms with Crippen molar-refractivity contribution in [1.82, 2.24) is 5.43 Å². The molecule has 1 aromatic rings. The monoisotopic (exact) mass is 262 g/mol. The fraction of sp³-hybridized carbons (Fsp3) is 0.625. The van der Waals surface area contributed by atoms with Crippen molar-refractivity contribution < 1.29 is 4.74 Å². The van der Waals surface area contributed by atoms with Crippen LogP contribution < -0.4 is 16.0 Å². The van der Waals surface area contributed by atoms with Crippen LogP contribution in [0.3, 0.4) is 0 Å². The first-order valence-electron chi connectivity index (χ1n) is 7.52. The molecule has 0 bridgehead atoms. The topological polar surface area (TPSA) is 47.3 Å². The fourth-order valence-electron chi connectivity index (χ4n) is 3.04. The number of hydrazine groups is 1. The van der Waals surface area contributed by atoms with E-state index in [0.717, 1.165) is 18.1 Å². The number of ether oxygens (including phenoxy) is 1. The van der Waals surface area contributed by atoms with Gasteiger partial charge in [-0.15, -0.1) is 0 Å². The van der Waals surface area contributed by atoms with E-state index in [1.807, 2.05) is 19.1 Å². The zero-order valence-corrected chi connectivity index (χ0v) is 11.9. The molecule has 3 nitrogen and oxygen atoms in total. The van der Waals surface area contributed by atoms with Gasteiger partial charge in [0.25, 0.3) is 0 Å². The summed E-state index contributed by atoms with van der Waals surface area (Å²) in [6, 6.07) is 8.53. The highest BCUT2D eigenvalue weighted by Crippen LogP contribution is 2.32. The Hall–Kier alpha value is -1.06. The summed E-state index contributed by atoms with van der Waals surface area (Å²) in [6.45, 7) is 2.71. The molecule has 1 saturated carbocycles. The lowest BCUT2D eigenvalue weighted by Crippen LogP contribution is -2.30. The van der Waals surface area contributed by atoms with Gasteiger partial charge in [0.1, 0.15) is 5.75 Å². The van der Waals surface area contributed by atoms with E-state index >= 15 is 0 Å². The van der Waals surface area contributed by atoms with Crippen LogP contribution in [0.1, 0.15) is 57.1 Å². The Morgan fingerprint density at radius 1 is 1.32 bits per heavy atom. The largest absolute Gasteiger partial charge is 0.494 e. The molecule has 0 radical (unpaired) electrons. The van der Waals surface area contributed by atoms with Crippen molar-refractivity contribution in [2.45, 2.75) is 51.5 Å². The summed E-state index contributed by atoms with van der Waals surface area (Å²) >= 11 is 0. The molecule has 0 amide bonds. The molecule has 1 aliphatic carbocycles. The Balaban J connectivity index is 2.01. The highest BCUT2D eigenvalue weighted by atomic mass is 16.5. The van der Waals surface area contributed by atoms with Crippen LogP contribution >= 0.6 is 0 Å². The molecular formula is C16H26N2O. The third-order valence-corrected chi connectivity index (χ3v) is 4.07. The van der Waals surface area contributed by atoms with Gasteiger partial charge in [0, 0.05) is 6.04 Å². The molecule has 2 rings (SSSR count). The van der Waals surface area contributed by atoms with Gasteiger partial charge in [-0.2, -0.15) is 0 Å². The van der Waals surface area contributed by atoms with Crippen molar-refractivity contribution in [3.8, 4) is 5.75 Å². The quantitative estimate of drug-likeness (QED) is 0.608. The van der Waals surface area contributed by atoms with Gasteiger partial charge in [-0.25, -0.2) is 0 Å². The Morgan fingerprint density at radius 2 is 2.11 bits per heavy atom. The normalized spacial score (nSPS) is 18.2. The molecule has 1 aliphatic rings. The minimum Gasteiger partial charge on any atom is -0.494 e. The highest BCUT2D eigenvalue weighted by Gasteiger charge is 2.19. The highest BCUT2D eigenvalue weighted by molar-refractivity contribution is 5.30. The Labute approximate surface area is 116 Å². The van der Waals surface area contributed by atoms with Crippen LogP contribution in [0.25, 0.3) is 0 Å². The van der Waals surface area contributed by atoms with E-state index in [2.05, 4.69) is 17.6 Å². The molecule has 0 aromatic heterocycles. The van der Waals surface area contributed by atoms with Crippen molar-refractivity contribution >= 4 is 0 Å². The van der Waals surface area contributed by atoms with E-state index in [1.165, 1.54) is 37.7 Å². The molecular weight excluding hydrogens is 236 g/mol. The first kappa shape index (κ1) is 14.4. The minimum atomic E-state index is 0.239. The van der Waals surface area contributed by atoms with E-state index in [-0.39, 0.29) is 6.04 Å². The van der Waals surface area contributed by atoms with Crippen LogP contribution in [0.15, 0.2) is 24.3 Å². The molecule has 0 heterocycles. The summed E-state index contributed by atoms with van der Waals surface area (Å²) in [6.07, 6.45) is 7.98. The Bertz CT molecular complexity index is 375. The number of hydrogen-bond acceptors (Lipinski definition) is 3. The zero-order valence-electron chi connectivity index (χ0n) is 11.9. The van der Waals surface area contributed by atoms with E-state index < -0.39 is 0 Å². The van der Waals surface area contributed by atoms with Crippen molar-refractivity contribution in [3.63, 3.8) is 0 Å². The maximum atomic E-state index is 5.76. The standard InChI is InChI=1S/C16H26N2O/c1-2-19-15-10-6-9-14(12-15)16(18-17)11-13-7-4-3-5-8-13/h6,9-10,12-13,16,18H,2-5,7-8,11,17H2,1H3. The maximum Gasteiger partial charge on any atom is 0.119 e. The van der Waals surface area contributed by atoms with E-state index in [1.54, 1.807) is 0 Å². The summed E-state index contributed by atoms with van der Waals surface area (Å²) in [4.78, 5) is 0. The van der Waals surface area contributed by atoms with Crippen LogP contribution in [0.2, 0.25) is 0 Å². The van der Waals surface area contributed by atoms with Crippen LogP contribution in [-0.2, 0) is 0 Å². The molecule has 0 aliphatic heterocycles. The van der Waals surface area contributed by atoms with Crippen LogP contribution in [0.5, 0.6) is 5.75 Å². The van der Waals surface area contributed by atoms with Gasteiger partial charge in [0.05, 0.1) is 6.61 Å². The number of nitrogens with one attached hydrogen (secondary N) is 1. The van der Waals surface area contributed by atoms with E-state index in [0.29, 0.717) is 6.61 Å². The third kappa shape index (κ3) is 4.22. The summed E-state index contributed by atoms with van der Waals surface area (Å²) in [5, 5.41) is 0. The third-order valence-electron chi connectivity index (χ3n) is 4.07. The summed E-state index contributed by atoms with van der Waals surface area (Å²) < 4.78 is 5.56. The van der Waals surface area contributed by atoms with Gasteiger partial charge >= 0.3 is 0 Å². The number of nitrogens with two attached hydrogens (primary N) is 1. The van der Waals surface area contributed by atoms with Gasteiger partial charge in [-0.1, -0.05) is 44.2 Å². The van der Waals surface area contributed by atoms with Crippen LogP contribution in [0.4, 0.5) is 0 Å². The van der Waals surface area contributed by atoms with Crippen molar-refractivity contribution in [2.24, 2.45) is 11.8 Å². The van der Waals surface area contributed by atoms with Crippen molar-refractivity contribution in [1.29, 1.82) is 0 Å². The molecule has 3 N–H and O–H groups in total. The predicted octanol–water partition coefficient (Wildman–Crippen LogP) is 3.56. The zero-order chi connectivity index (χ0) is 13.5. The molecule has 0 spiro atoms. The predicted molar refractivity (Wildman–Crippen MR) is 78.9 cm³/mol. The lowest BCUT2D eigenvalue weighted by atomic mass is 9.83. The van der Waals surface area contributed by atoms with Gasteiger partial charge in [0.2, 0.25) is 0 Å². The van der Waals surface area contributed by atoms with Gasteiger partial charge in [0.15, 0.2) is 0 Å². The number of rotatable bonds is 6. The van der Waals surface area contributed by atoms with Gasteiger partial charge in [-0.3, -0.25) is 11.3 Å². The second kappa shape index (κ2) is 7.51. The lowest BCUT2D eigenvalue weighted by Gasteiger charge is -2.26. The summed E-state index contributed by atoms with van der Waals surface area (Å²) in [7, 11) is 0. The van der Waals surface area contributed by atoms with Crippen LogP contribution in [0, 0.1) is 5.92 Å². The average Bonchev–Trinajstić information content (AvgIpc) is 2.46. The molecule has 1 fully saturated rings. The SMILES string of the molecule is CCOc1cccc(C(CC2CCCCC2)NN)c1. The molecule has 19 heavy (non-hydrogen) atoms. The van der Waals surface area contributed by atoms with Crippen molar-refractivity contribution in [2.75, 3.05) is 6.61 Å². The maximum absolute atomic E-state index is 5.76. The fourth-order valence-corrected chi connectivity index (χ4v) is 3.04. The molecule has 1 unspecified atom stereocenters. The second-order valence-corrected chi connectivity index (χ2v) is 5.46. The van der Waals surface area contributed by atoms with Crippen LogP contribution in [-0.4, -0.2) is 6.61 Å². The van der Waals surface area contributed by atoms with Gasteiger partial charge < -0.3 is 4.74 Å². The number of hydrogen-bond donors (Lipinski definition) is 2. The van der Waals surface area contributed by atoms with E-state index in [4.69, 9.17) is 10.6 Å². The molecule has 3 heteroatoms. The molecule has 1 aromatic carbocycles. The van der Waals surface area contributed by atoms with Gasteiger partial charge in [-0.05, 0) is 37.0 Å². The minimum absolute atomic E-state index is 0.239. The number of benzene rings is 1. The first-order valence-corrected chi connectivity index (χ1v) is 7.52. The lowest BCUT2D eigenvalue weighted by molar-refractivity contribution is 0.300. The molecule has 1 atom stereocenters. The van der Waals surface area contributed by atoms with E-state index in [9.17, 15) is 0 Å². The Morgan fingerprint density at radius 3 is 2.79 bits per heavy atom. The Kier molecular flexibility index (Phi) is 5.67. The van der Waals surface area contributed by atoms with Crippen molar-refractivity contribution in [3.05, 3.63) is 29.8 Å². The average molecular weight is 262 g/mol. The molecule has 0 saturated heterocycles. The summed E-state index contributed by atoms with van der Waals surface area (Å²) in [5.41, 5.74) is 4.21. The smallest absolute Gasteiger partial charge is 0.119 e. The first-order chi connectivity index (χ1) is 9.33. The molecule has 106 valence electrons. The second-order valence-electron chi connectivity index (χ2n) is 5.46. The summed E-state index contributed by atoms with van der Waals surface area (Å²) in [5.74, 6) is 7.50.